The minimum atomic E-state index is -0.132. The predicted molar refractivity (Wildman–Crippen MR) is 65.1 cm³/mol. The molecule has 92 valence electrons. The number of hydrogen-bond acceptors (Lipinski definition) is 4. The van der Waals surface area contributed by atoms with E-state index < -0.39 is 0 Å². The van der Waals surface area contributed by atoms with E-state index in [2.05, 4.69) is 15.2 Å². The van der Waals surface area contributed by atoms with Crippen molar-refractivity contribution in [3.63, 3.8) is 0 Å². The molecular formula is C12H10ClN3O2. The molecule has 0 aliphatic carbocycles. The molecule has 0 unspecified atom stereocenters. The van der Waals surface area contributed by atoms with Crippen LogP contribution in [-0.4, -0.2) is 27.6 Å². The molecule has 1 aromatic heterocycles. The van der Waals surface area contributed by atoms with E-state index in [1.165, 1.54) is 6.33 Å². The van der Waals surface area contributed by atoms with E-state index in [9.17, 15) is 4.79 Å². The van der Waals surface area contributed by atoms with Crippen LogP contribution in [0, 0.1) is 0 Å². The van der Waals surface area contributed by atoms with E-state index in [1.807, 2.05) is 6.07 Å². The van der Waals surface area contributed by atoms with E-state index in [0.717, 1.165) is 23.3 Å². The molecule has 2 heterocycles. The summed E-state index contributed by atoms with van der Waals surface area (Å²) in [6, 6.07) is 3.65. The summed E-state index contributed by atoms with van der Waals surface area (Å²) in [6.07, 6.45) is 2.35. The summed E-state index contributed by atoms with van der Waals surface area (Å²) < 4.78 is 5.55. The van der Waals surface area contributed by atoms with Crippen molar-refractivity contribution in [2.45, 2.75) is 12.8 Å². The highest BCUT2D eigenvalue weighted by atomic mass is 35.5. The number of carbonyl (C=O) groups excluding carboxylic acids is 1. The van der Waals surface area contributed by atoms with Crippen LogP contribution in [0.1, 0.15) is 21.7 Å². The molecular weight excluding hydrogens is 254 g/mol. The van der Waals surface area contributed by atoms with E-state index in [-0.39, 0.29) is 18.0 Å². The van der Waals surface area contributed by atoms with Gasteiger partial charge in [-0.05, 0) is 17.7 Å². The quantitative estimate of drug-likeness (QED) is 0.858. The lowest BCUT2D eigenvalue weighted by atomic mass is 10.0. The lowest BCUT2D eigenvalue weighted by molar-refractivity contribution is 0.0982. The number of ether oxygens (including phenoxy) is 1. The van der Waals surface area contributed by atoms with Gasteiger partial charge >= 0.3 is 0 Å². The van der Waals surface area contributed by atoms with Gasteiger partial charge < -0.3 is 4.74 Å². The molecule has 0 bridgehead atoms. The molecule has 0 spiro atoms. The number of halogens is 1. The molecule has 1 N–H and O–H groups in total. The molecule has 0 fully saturated rings. The van der Waals surface area contributed by atoms with Gasteiger partial charge in [0, 0.05) is 23.4 Å². The summed E-state index contributed by atoms with van der Waals surface area (Å²) in [6.45, 7) is 0.638. The maximum atomic E-state index is 12.0. The summed E-state index contributed by atoms with van der Waals surface area (Å²) in [7, 11) is 0. The van der Waals surface area contributed by atoms with Crippen molar-refractivity contribution in [2.75, 3.05) is 6.61 Å². The Hall–Kier alpha value is -1.88. The third-order valence-corrected chi connectivity index (χ3v) is 3.07. The van der Waals surface area contributed by atoms with Gasteiger partial charge in [0.2, 0.25) is 5.78 Å². The van der Waals surface area contributed by atoms with E-state index >= 15 is 0 Å². The number of aromatic amines is 1. The normalized spacial score (nSPS) is 13.2. The minimum Gasteiger partial charge on any atom is -0.493 e. The molecule has 0 atom stereocenters. The molecule has 2 aromatic rings. The third kappa shape index (κ3) is 1.97. The first-order valence-electron chi connectivity index (χ1n) is 5.56. The largest absolute Gasteiger partial charge is 0.493 e. The van der Waals surface area contributed by atoms with Gasteiger partial charge in [0.05, 0.1) is 6.61 Å². The Kier molecular flexibility index (Phi) is 2.76. The van der Waals surface area contributed by atoms with Crippen LogP contribution in [0.25, 0.3) is 0 Å². The average molecular weight is 264 g/mol. The van der Waals surface area contributed by atoms with Gasteiger partial charge in [0.25, 0.3) is 0 Å². The standard InChI is InChI=1S/C12H10ClN3O2/c13-9-3-7-1-2-18-11(7)8(4-9)5-10(17)12-14-6-15-16-12/h3-4,6H,1-2,5H2,(H,14,15,16). The lowest BCUT2D eigenvalue weighted by Gasteiger charge is -2.07. The summed E-state index contributed by atoms with van der Waals surface area (Å²) in [5.41, 5.74) is 1.86. The fourth-order valence-electron chi connectivity index (χ4n) is 2.07. The van der Waals surface area contributed by atoms with Crippen LogP contribution in [0.3, 0.4) is 0 Å². The van der Waals surface area contributed by atoms with Crippen molar-refractivity contribution in [3.8, 4) is 5.75 Å². The van der Waals surface area contributed by atoms with Crippen LogP contribution >= 0.6 is 11.6 Å². The lowest BCUT2D eigenvalue weighted by Crippen LogP contribution is -2.07. The van der Waals surface area contributed by atoms with Gasteiger partial charge in [0.15, 0.2) is 5.82 Å². The van der Waals surface area contributed by atoms with Crippen molar-refractivity contribution in [2.24, 2.45) is 0 Å². The zero-order chi connectivity index (χ0) is 12.5. The first-order chi connectivity index (χ1) is 8.74. The highest BCUT2D eigenvalue weighted by Gasteiger charge is 2.20. The van der Waals surface area contributed by atoms with Gasteiger partial charge in [-0.1, -0.05) is 11.6 Å². The van der Waals surface area contributed by atoms with Crippen molar-refractivity contribution in [1.82, 2.24) is 15.2 Å². The topological polar surface area (TPSA) is 67.9 Å². The molecule has 0 amide bonds. The molecule has 5 nitrogen and oxygen atoms in total. The first-order valence-corrected chi connectivity index (χ1v) is 5.94. The van der Waals surface area contributed by atoms with E-state index in [0.29, 0.717) is 11.6 Å². The Morgan fingerprint density at radius 1 is 1.50 bits per heavy atom. The summed E-state index contributed by atoms with van der Waals surface area (Å²) in [4.78, 5) is 15.8. The van der Waals surface area contributed by atoms with Crippen LogP contribution in [-0.2, 0) is 12.8 Å². The number of benzene rings is 1. The Labute approximate surface area is 108 Å². The minimum absolute atomic E-state index is 0.132. The maximum absolute atomic E-state index is 12.0. The molecule has 1 aliphatic rings. The fraction of sp³-hybridized carbons (Fsp3) is 0.250. The summed E-state index contributed by atoms with van der Waals surface area (Å²) in [5.74, 6) is 0.904. The summed E-state index contributed by atoms with van der Waals surface area (Å²) in [5, 5.41) is 6.84. The fourth-order valence-corrected chi connectivity index (χ4v) is 2.34. The Balaban J connectivity index is 1.91. The average Bonchev–Trinajstić information content (AvgIpc) is 2.98. The number of fused-ring (bicyclic) bond motifs is 1. The van der Waals surface area contributed by atoms with Gasteiger partial charge in [-0.3, -0.25) is 9.89 Å². The van der Waals surface area contributed by atoms with Gasteiger partial charge in [0.1, 0.15) is 12.1 Å². The van der Waals surface area contributed by atoms with Gasteiger partial charge in [-0.15, -0.1) is 0 Å². The molecule has 0 radical (unpaired) electrons. The number of aromatic nitrogens is 3. The predicted octanol–water partition coefficient (Wildman–Crippen LogP) is 1.82. The third-order valence-electron chi connectivity index (χ3n) is 2.86. The highest BCUT2D eigenvalue weighted by molar-refractivity contribution is 6.30. The second-order valence-electron chi connectivity index (χ2n) is 4.09. The summed E-state index contributed by atoms with van der Waals surface area (Å²) >= 11 is 6.03. The van der Waals surface area contributed by atoms with E-state index in [1.54, 1.807) is 6.07 Å². The Morgan fingerprint density at radius 3 is 3.17 bits per heavy atom. The number of Topliss-reactive ketones (excluding diaryl/α,β-unsaturated/α-hetero) is 1. The molecule has 1 aliphatic heterocycles. The van der Waals surface area contributed by atoms with Gasteiger partial charge in [-0.25, -0.2) is 4.98 Å². The number of H-pyrrole nitrogens is 1. The van der Waals surface area contributed by atoms with Crippen LogP contribution in [0.2, 0.25) is 5.02 Å². The zero-order valence-corrected chi connectivity index (χ0v) is 10.2. The number of nitrogens with zero attached hydrogens (tertiary/aromatic N) is 2. The molecule has 0 saturated heterocycles. The molecule has 0 saturated carbocycles. The van der Waals surface area contributed by atoms with Crippen molar-refractivity contribution in [3.05, 3.63) is 40.4 Å². The van der Waals surface area contributed by atoms with Crippen molar-refractivity contribution in [1.29, 1.82) is 0 Å². The molecule has 6 heteroatoms. The van der Waals surface area contributed by atoms with Crippen molar-refractivity contribution < 1.29 is 9.53 Å². The van der Waals surface area contributed by atoms with Gasteiger partial charge in [-0.2, -0.15) is 5.10 Å². The number of carbonyl (C=O) groups is 1. The van der Waals surface area contributed by atoms with Crippen LogP contribution in [0.5, 0.6) is 5.75 Å². The Bertz CT molecular complexity index is 596. The zero-order valence-electron chi connectivity index (χ0n) is 9.44. The number of nitrogens with one attached hydrogen (secondary N) is 1. The monoisotopic (exact) mass is 263 g/mol. The maximum Gasteiger partial charge on any atom is 0.204 e. The smallest absolute Gasteiger partial charge is 0.204 e. The number of rotatable bonds is 3. The van der Waals surface area contributed by atoms with Crippen LogP contribution < -0.4 is 4.74 Å². The van der Waals surface area contributed by atoms with Crippen LogP contribution in [0.4, 0.5) is 0 Å². The number of ketones is 1. The van der Waals surface area contributed by atoms with E-state index in [4.69, 9.17) is 16.3 Å². The first kappa shape index (κ1) is 11.2. The SMILES string of the molecule is O=C(Cc1cc(Cl)cc2c1OCC2)c1ncn[nH]1. The molecule has 18 heavy (non-hydrogen) atoms. The number of hydrogen-bond donors (Lipinski definition) is 1. The second-order valence-corrected chi connectivity index (χ2v) is 4.52. The molecule has 3 rings (SSSR count). The Morgan fingerprint density at radius 2 is 2.39 bits per heavy atom. The van der Waals surface area contributed by atoms with Crippen molar-refractivity contribution >= 4 is 17.4 Å². The molecule has 1 aromatic carbocycles. The second kappa shape index (κ2) is 4.42. The highest BCUT2D eigenvalue weighted by Crippen LogP contribution is 2.33. The van der Waals surface area contributed by atoms with Crippen LogP contribution in [0.15, 0.2) is 18.5 Å².